The Morgan fingerprint density at radius 3 is 1.80 bits per heavy atom. The van der Waals surface area contributed by atoms with Crippen LogP contribution in [0.5, 0.6) is 0 Å². The van der Waals surface area contributed by atoms with E-state index in [9.17, 15) is 0 Å². The van der Waals surface area contributed by atoms with Gasteiger partial charge < -0.3 is 9.47 Å². The number of aromatic nitrogens is 1. The van der Waals surface area contributed by atoms with E-state index in [1.165, 1.54) is 111 Å². The zero-order valence-corrected chi connectivity index (χ0v) is 36.8. The first-order valence-electron chi connectivity index (χ1n) is 23.9. The fourth-order valence-corrected chi connectivity index (χ4v) is 14.3. The fraction of sp³-hybridized carbons (Fsp3) is 0.226. The van der Waals surface area contributed by atoms with Crippen molar-refractivity contribution < 1.29 is 0 Å². The van der Waals surface area contributed by atoms with Gasteiger partial charge in [-0.2, -0.15) is 0 Å². The van der Waals surface area contributed by atoms with Crippen LogP contribution in [0.2, 0.25) is 0 Å². The highest BCUT2D eigenvalue weighted by molar-refractivity contribution is 6.09. The van der Waals surface area contributed by atoms with Gasteiger partial charge in [-0.1, -0.05) is 136 Å². The topological polar surface area (TPSA) is 8.17 Å². The van der Waals surface area contributed by atoms with Crippen molar-refractivity contribution in [3.63, 3.8) is 0 Å². The Hall–Kier alpha value is -6.64. The highest BCUT2D eigenvalue weighted by atomic mass is 15.1. The molecule has 3 fully saturated rings. The highest BCUT2D eigenvalue weighted by Crippen LogP contribution is 2.66. The Balaban J connectivity index is 0.867. The molecule has 1 heterocycles. The number of fused-ring (bicyclic) bond motifs is 14. The Morgan fingerprint density at radius 1 is 0.453 bits per heavy atom. The lowest BCUT2D eigenvalue weighted by atomic mass is 9.47. The second kappa shape index (κ2) is 13.4. The Morgan fingerprint density at radius 2 is 1.05 bits per heavy atom. The summed E-state index contributed by atoms with van der Waals surface area (Å²) in [6.07, 6.45) is 8.56. The summed E-state index contributed by atoms with van der Waals surface area (Å²) in [4.78, 5) is 2.45. The lowest BCUT2D eigenvalue weighted by Gasteiger charge is -2.57. The number of hydrogen-bond acceptors (Lipinski definition) is 1. The number of rotatable bonds is 5. The van der Waals surface area contributed by atoms with Gasteiger partial charge in [0.1, 0.15) is 0 Å². The van der Waals surface area contributed by atoms with E-state index in [2.05, 4.69) is 205 Å². The molecule has 0 amide bonds. The molecule has 5 unspecified atom stereocenters. The molecule has 9 aromatic rings. The molecule has 5 aliphatic carbocycles. The summed E-state index contributed by atoms with van der Waals surface area (Å²) in [6, 6.07) is 69.2. The molecule has 1 aromatic heterocycles. The molecule has 8 aromatic carbocycles. The molecule has 1 spiro atoms. The van der Waals surface area contributed by atoms with Crippen molar-refractivity contribution in [1.29, 1.82) is 0 Å². The van der Waals surface area contributed by atoms with Gasteiger partial charge in [0.2, 0.25) is 0 Å². The molecule has 14 rings (SSSR count). The Bertz CT molecular complexity index is 3290. The third kappa shape index (κ3) is 5.09. The molecule has 2 nitrogen and oxygen atoms in total. The molecule has 0 N–H and O–H groups in total. The molecular weight excluding hydrogens is 773 g/mol. The molecule has 5 atom stereocenters. The molecule has 0 saturated heterocycles. The third-order valence-electron chi connectivity index (χ3n) is 17.2. The molecule has 3 saturated carbocycles. The monoisotopic (exact) mass is 824 g/mol. The first-order chi connectivity index (χ1) is 31.4. The number of benzene rings is 8. The van der Waals surface area contributed by atoms with Crippen LogP contribution in [0.4, 0.5) is 17.1 Å². The fourth-order valence-electron chi connectivity index (χ4n) is 14.3. The van der Waals surface area contributed by atoms with Gasteiger partial charge in [0.15, 0.2) is 0 Å². The standard InChI is InChI=1S/C62H52N2/c1-61(2)55-15-7-3-11-49(55)51-31-30-48(37-58(51)61)63(46-26-28-47(29-27-46)64-59-17-9-5-13-52(59)53-14-6-10-18-60(53)64)45-24-21-40(22-25-45)41-23-32-57-54(36-41)50-12-4-8-16-56(50)62(57)38-42-20-19-39-33-43(42)35-44(62)34-39/h3-18,21-32,36-37,39,42-44H,19-20,33-35,38H2,1-2H3. The van der Waals surface area contributed by atoms with Gasteiger partial charge in [0.05, 0.1) is 11.0 Å². The molecule has 5 aliphatic rings. The SMILES string of the molecule is CC1(C)c2ccccc2-c2ccc(N(c3ccc(-c4ccc5c(c4)-c4ccccc4C54CC5CCC6CC5CC4C6)cc3)c3ccc(-n4c5ccccc5c5ccccc54)cc3)cc21. The number of para-hydroxylation sites is 2. The van der Waals surface area contributed by atoms with Gasteiger partial charge in [-0.15, -0.1) is 0 Å². The minimum absolute atomic E-state index is 0.0987. The summed E-state index contributed by atoms with van der Waals surface area (Å²) in [6.45, 7) is 4.75. The molecule has 0 radical (unpaired) electrons. The van der Waals surface area contributed by atoms with Crippen LogP contribution in [-0.4, -0.2) is 4.57 Å². The largest absolute Gasteiger partial charge is 0.310 e. The van der Waals surface area contributed by atoms with Crippen molar-refractivity contribution >= 4 is 38.9 Å². The zero-order valence-electron chi connectivity index (χ0n) is 36.8. The van der Waals surface area contributed by atoms with E-state index in [0.29, 0.717) is 0 Å². The second-order valence-corrected chi connectivity index (χ2v) is 20.5. The van der Waals surface area contributed by atoms with E-state index < -0.39 is 0 Å². The molecule has 3 bridgehead atoms. The number of anilines is 3. The first kappa shape index (κ1) is 36.8. The normalized spacial score (nSPS) is 23.0. The molecule has 2 heteroatoms. The average Bonchev–Trinajstić information content (AvgIpc) is 3.91. The van der Waals surface area contributed by atoms with Gasteiger partial charge in [-0.05, 0) is 178 Å². The number of hydrogen-bond donors (Lipinski definition) is 0. The zero-order chi connectivity index (χ0) is 42.3. The van der Waals surface area contributed by atoms with E-state index in [4.69, 9.17) is 0 Å². The van der Waals surface area contributed by atoms with E-state index in [1.54, 1.807) is 11.1 Å². The summed E-state index contributed by atoms with van der Waals surface area (Å²) < 4.78 is 2.41. The van der Waals surface area contributed by atoms with Crippen molar-refractivity contribution in [2.45, 2.75) is 63.2 Å². The van der Waals surface area contributed by atoms with Crippen LogP contribution in [0.25, 0.3) is 60.9 Å². The van der Waals surface area contributed by atoms with Crippen LogP contribution >= 0.6 is 0 Å². The predicted molar refractivity (Wildman–Crippen MR) is 266 cm³/mol. The summed E-state index contributed by atoms with van der Waals surface area (Å²) in [5, 5.41) is 2.56. The highest BCUT2D eigenvalue weighted by Gasteiger charge is 2.57. The van der Waals surface area contributed by atoms with Crippen LogP contribution < -0.4 is 4.90 Å². The van der Waals surface area contributed by atoms with Crippen molar-refractivity contribution in [1.82, 2.24) is 4.57 Å². The van der Waals surface area contributed by atoms with Gasteiger partial charge in [-0.3, -0.25) is 0 Å². The Kier molecular flexibility index (Phi) is 7.73. The van der Waals surface area contributed by atoms with E-state index in [1.807, 2.05) is 0 Å². The maximum atomic E-state index is 2.55. The van der Waals surface area contributed by atoms with Crippen LogP contribution in [0.3, 0.4) is 0 Å². The van der Waals surface area contributed by atoms with Gasteiger partial charge in [0.25, 0.3) is 0 Å². The summed E-state index contributed by atoms with van der Waals surface area (Å²) in [5.41, 5.74) is 21.4. The maximum absolute atomic E-state index is 2.55. The molecule has 64 heavy (non-hydrogen) atoms. The predicted octanol–water partition coefficient (Wildman–Crippen LogP) is 16.3. The van der Waals surface area contributed by atoms with E-state index in [-0.39, 0.29) is 10.8 Å². The molecular formula is C62H52N2. The molecule has 0 aliphatic heterocycles. The van der Waals surface area contributed by atoms with Crippen molar-refractivity contribution in [2.75, 3.05) is 4.90 Å². The minimum Gasteiger partial charge on any atom is -0.310 e. The van der Waals surface area contributed by atoms with Crippen molar-refractivity contribution in [3.05, 3.63) is 204 Å². The van der Waals surface area contributed by atoms with E-state index in [0.717, 1.165) is 40.7 Å². The van der Waals surface area contributed by atoms with Crippen LogP contribution in [0.15, 0.2) is 182 Å². The van der Waals surface area contributed by atoms with E-state index >= 15 is 0 Å². The first-order valence-corrected chi connectivity index (χ1v) is 23.9. The maximum Gasteiger partial charge on any atom is 0.0541 e. The van der Waals surface area contributed by atoms with Crippen LogP contribution in [0, 0.1) is 23.7 Å². The summed E-state index contributed by atoms with van der Waals surface area (Å²) in [5.74, 6) is 3.53. The smallest absolute Gasteiger partial charge is 0.0541 e. The van der Waals surface area contributed by atoms with Crippen LogP contribution in [-0.2, 0) is 10.8 Å². The van der Waals surface area contributed by atoms with Crippen LogP contribution in [0.1, 0.15) is 74.6 Å². The minimum atomic E-state index is -0.0987. The average molecular weight is 825 g/mol. The van der Waals surface area contributed by atoms with Gasteiger partial charge in [-0.25, -0.2) is 0 Å². The van der Waals surface area contributed by atoms with Gasteiger partial charge in [0, 0.05) is 44.4 Å². The Labute approximate surface area is 376 Å². The lowest BCUT2D eigenvalue weighted by molar-refractivity contribution is -0.0103. The quantitative estimate of drug-likeness (QED) is 0.168. The second-order valence-electron chi connectivity index (χ2n) is 20.5. The lowest BCUT2D eigenvalue weighted by Crippen LogP contribution is -2.50. The van der Waals surface area contributed by atoms with Crippen molar-refractivity contribution in [3.8, 4) is 39.1 Å². The third-order valence-corrected chi connectivity index (χ3v) is 17.2. The summed E-state index contributed by atoms with van der Waals surface area (Å²) >= 11 is 0. The molecule has 310 valence electrons. The number of nitrogens with zero attached hydrogens (tertiary/aromatic N) is 2. The van der Waals surface area contributed by atoms with Gasteiger partial charge >= 0.3 is 0 Å². The summed E-state index contributed by atoms with van der Waals surface area (Å²) in [7, 11) is 0. The van der Waals surface area contributed by atoms with Crippen molar-refractivity contribution in [2.24, 2.45) is 23.7 Å².